The van der Waals surface area contributed by atoms with Crippen LogP contribution >= 0.6 is 0 Å². The number of hydrogen-bond donors (Lipinski definition) is 2. The Morgan fingerprint density at radius 2 is 2.17 bits per heavy atom. The van der Waals surface area contributed by atoms with Crippen molar-refractivity contribution in [2.75, 3.05) is 19.7 Å². The summed E-state index contributed by atoms with van der Waals surface area (Å²) >= 11 is 0. The normalized spacial score (nSPS) is 28.9. The van der Waals surface area contributed by atoms with Crippen LogP contribution in [0.15, 0.2) is 6.33 Å². The number of nitrogens with one attached hydrogen (secondary N) is 1. The van der Waals surface area contributed by atoms with Gasteiger partial charge in [0.1, 0.15) is 12.2 Å². The SMILES string of the molecule is CCCO[C@@H]1CC[C@H](C(=O)N2CCC(c3ncn[nH]3)CC2)C[C@H]1N. The van der Waals surface area contributed by atoms with E-state index in [4.69, 9.17) is 10.5 Å². The van der Waals surface area contributed by atoms with Crippen molar-refractivity contribution in [1.29, 1.82) is 0 Å². The Kier molecular flexibility index (Phi) is 5.84. The van der Waals surface area contributed by atoms with Crippen LogP contribution in [0.2, 0.25) is 0 Å². The third-order valence-corrected chi connectivity index (χ3v) is 5.35. The van der Waals surface area contributed by atoms with Gasteiger partial charge in [-0.15, -0.1) is 0 Å². The van der Waals surface area contributed by atoms with Gasteiger partial charge >= 0.3 is 0 Å². The molecular weight excluding hydrogens is 306 g/mol. The highest BCUT2D eigenvalue weighted by molar-refractivity contribution is 5.79. The number of aromatic nitrogens is 3. The molecule has 0 spiro atoms. The van der Waals surface area contributed by atoms with Crippen LogP contribution in [0.25, 0.3) is 0 Å². The maximum Gasteiger partial charge on any atom is 0.225 e. The minimum absolute atomic E-state index is 0.0222. The lowest BCUT2D eigenvalue weighted by atomic mass is 9.82. The zero-order valence-corrected chi connectivity index (χ0v) is 14.5. The van der Waals surface area contributed by atoms with Gasteiger partial charge in [0.25, 0.3) is 0 Å². The second-order valence-electron chi connectivity index (χ2n) is 7.05. The molecule has 24 heavy (non-hydrogen) atoms. The van der Waals surface area contributed by atoms with E-state index < -0.39 is 0 Å². The van der Waals surface area contributed by atoms with Gasteiger partial charge in [0.2, 0.25) is 5.91 Å². The minimum atomic E-state index is -0.0222. The number of H-pyrrole nitrogens is 1. The third-order valence-electron chi connectivity index (χ3n) is 5.35. The zero-order chi connectivity index (χ0) is 16.9. The van der Waals surface area contributed by atoms with Crippen molar-refractivity contribution in [3.63, 3.8) is 0 Å². The number of carbonyl (C=O) groups is 1. The Labute approximate surface area is 143 Å². The van der Waals surface area contributed by atoms with Crippen molar-refractivity contribution in [2.45, 2.75) is 63.5 Å². The Balaban J connectivity index is 1.47. The second-order valence-corrected chi connectivity index (χ2v) is 7.05. The van der Waals surface area contributed by atoms with Crippen molar-refractivity contribution in [1.82, 2.24) is 20.1 Å². The molecule has 2 aliphatic rings. The summed E-state index contributed by atoms with van der Waals surface area (Å²) in [4.78, 5) is 19.1. The first-order valence-electron chi connectivity index (χ1n) is 9.20. The van der Waals surface area contributed by atoms with Crippen LogP contribution in [-0.4, -0.2) is 57.8 Å². The van der Waals surface area contributed by atoms with Crippen molar-refractivity contribution in [3.05, 3.63) is 12.2 Å². The molecule has 0 unspecified atom stereocenters. The first-order valence-corrected chi connectivity index (χ1v) is 9.20. The zero-order valence-electron chi connectivity index (χ0n) is 14.5. The second kappa shape index (κ2) is 8.07. The molecule has 7 heteroatoms. The fourth-order valence-electron chi connectivity index (χ4n) is 3.92. The minimum Gasteiger partial charge on any atom is -0.377 e. The third kappa shape index (κ3) is 3.95. The van der Waals surface area contributed by atoms with Crippen LogP contribution in [-0.2, 0) is 9.53 Å². The Morgan fingerprint density at radius 3 is 2.79 bits per heavy atom. The molecule has 3 rings (SSSR count). The maximum atomic E-state index is 12.8. The molecule has 1 aliphatic heterocycles. The summed E-state index contributed by atoms with van der Waals surface area (Å²) in [6.07, 6.45) is 7.10. The van der Waals surface area contributed by atoms with Gasteiger partial charge in [-0.1, -0.05) is 6.92 Å². The van der Waals surface area contributed by atoms with Gasteiger partial charge < -0.3 is 15.4 Å². The predicted octanol–water partition coefficient (Wildman–Crippen LogP) is 1.43. The van der Waals surface area contributed by atoms with Gasteiger partial charge in [-0.3, -0.25) is 9.89 Å². The Morgan fingerprint density at radius 1 is 1.38 bits per heavy atom. The smallest absolute Gasteiger partial charge is 0.225 e. The number of amides is 1. The lowest BCUT2D eigenvalue weighted by molar-refractivity contribution is -0.139. The molecule has 134 valence electrons. The summed E-state index contributed by atoms with van der Waals surface area (Å²) in [5.74, 6) is 1.66. The van der Waals surface area contributed by atoms with Gasteiger partial charge in [-0.2, -0.15) is 5.10 Å². The topological polar surface area (TPSA) is 97.1 Å². The summed E-state index contributed by atoms with van der Waals surface area (Å²) in [7, 11) is 0. The number of likely N-dealkylation sites (tertiary alicyclic amines) is 1. The van der Waals surface area contributed by atoms with E-state index in [0.29, 0.717) is 5.92 Å². The van der Waals surface area contributed by atoms with Crippen molar-refractivity contribution >= 4 is 5.91 Å². The molecule has 2 heterocycles. The lowest BCUT2D eigenvalue weighted by Crippen LogP contribution is -2.48. The van der Waals surface area contributed by atoms with Gasteiger partial charge in [0.05, 0.1) is 6.10 Å². The number of carbonyl (C=O) groups excluding carboxylic acids is 1. The van der Waals surface area contributed by atoms with E-state index in [-0.39, 0.29) is 24.0 Å². The molecule has 2 fully saturated rings. The summed E-state index contributed by atoms with van der Waals surface area (Å²) < 4.78 is 5.81. The quantitative estimate of drug-likeness (QED) is 0.848. The number of nitrogens with zero attached hydrogens (tertiary/aromatic N) is 3. The highest BCUT2D eigenvalue weighted by Crippen LogP contribution is 2.30. The van der Waals surface area contributed by atoms with E-state index in [9.17, 15) is 4.79 Å². The van der Waals surface area contributed by atoms with Crippen LogP contribution in [0.1, 0.15) is 57.2 Å². The molecule has 0 aromatic carbocycles. The molecule has 3 atom stereocenters. The first-order chi connectivity index (χ1) is 11.7. The molecule has 1 amide bonds. The van der Waals surface area contributed by atoms with Crippen LogP contribution in [0, 0.1) is 5.92 Å². The Bertz CT molecular complexity index is 513. The lowest BCUT2D eigenvalue weighted by Gasteiger charge is -2.38. The molecule has 1 aromatic heterocycles. The van der Waals surface area contributed by atoms with Gasteiger partial charge in [-0.25, -0.2) is 4.98 Å². The van der Waals surface area contributed by atoms with E-state index in [1.54, 1.807) is 6.33 Å². The van der Waals surface area contributed by atoms with Crippen molar-refractivity contribution in [2.24, 2.45) is 11.7 Å². The van der Waals surface area contributed by atoms with Crippen LogP contribution < -0.4 is 5.73 Å². The highest BCUT2D eigenvalue weighted by Gasteiger charge is 2.35. The number of rotatable bonds is 5. The number of piperidine rings is 1. The van der Waals surface area contributed by atoms with Gasteiger partial charge in [0, 0.05) is 37.6 Å². The summed E-state index contributed by atoms with van der Waals surface area (Å²) in [6, 6.07) is -0.0222. The van der Waals surface area contributed by atoms with E-state index in [1.807, 2.05) is 4.90 Å². The number of aromatic amines is 1. The summed E-state index contributed by atoms with van der Waals surface area (Å²) in [6.45, 7) is 4.45. The van der Waals surface area contributed by atoms with E-state index in [1.165, 1.54) is 0 Å². The van der Waals surface area contributed by atoms with E-state index in [0.717, 1.165) is 64.0 Å². The van der Waals surface area contributed by atoms with E-state index >= 15 is 0 Å². The molecule has 0 radical (unpaired) electrons. The van der Waals surface area contributed by atoms with Gasteiger partial charge in [-0.05, 0) is 38.5 Å². The van der Waals surface area contributed by atoms with Crippen LogP contribution in [0.3, 0.4) is 0 Å². The van der Waals surface area contributed by atoms with Gasteiger partial charge in [0.15, 0.2) is 0 Å². The van der Waals surface area contributed by atoms with Crippen molar-refractivity contribution < 1.29 is 9.53 Å². The van der Waals surface area contributed by atoms with E-state index in [2.05, 4.69) is 22.1 Å². The summed E-state index contributed by atoms with van der Waals surface area (Å²) in [5, 5.41) is 6.87. The largest absolute Gasteiger partial charge is 0.377 e. The molecule has 1 saturated carbocycles. The average molecular weight is 335 g/mol. The van der Waals surface area contributed by atoms with Crippen LogP contribution in [0.5, 0.6) is 0 Å². The number of nitrogens with two attached hydrogens (primary N) is 1. The molecular formula is C17H29N5O2. The van der Waals surface area contributed by atoms with Crippen LogP contribution in [0.4, 0.5) is 0 Å². The molecule has 7 nitrogen and oxygen atoms in total. The fraction of sp³-hybridized carbons (Fsp3) is 0.824. The molecule has 1 saturated heterocycles. The molecule has 3 N–H and O–H groups in total. The Hall–Kier alpha value is -1.47. The average Bonchev–Trinajstić information content (AvgIpc) is 3.15. The monoisotopic (exact) mass is 335 g/mol. The fourth-order valence-corrected chi connectivity index (χ4v) is 3.92. The standard InChI is InChI=1S/C17H29N5O2/c1-2-9-24-15-4-3-13(10-14(15)18)17(23)22-7-5-12(6-8-22)16-19-11-20-21-16/h11-15H,2-10,18H2,1H3,(H,19,20,21)/t13-,14+,15+/m0/s1. The maximum absolute atomic E-state index is 12.8. The predicted molar refractivity (Wildman–Crippen MR) is 90.3 cm³/mol. The molecule has 0 bridgehead atoms. The summed E-state index contributed by atoms with van der Waals surface area (Å²) in [5.41, 5.74) is 6.25. The first kappa shape index (κ1) is 17.4. The molecule has 1 aromatic rings. The number of hydrogen-bond acceptors (Lipinski definition) is 5. The highest BCUT2D eigenvalue weighted by atomic mass is 16.5. The molecule has 1 aliphatic carbocycles. The van der Waals surface area contributed by atoms with Crippen molar-refractivity contribution in [3.8, 4) is 0 Å². The number of ether oxygens (including phenoxy) is 1.